The van der Waals surface area contributed by atoms with Crippen LogP contribution in [0.5, 0.6) is 5.75 Å². The number of fused-ring (bicyclic) bond motifs is 2. The molecule has 1 aromatic heterocycles. The fraction of sp³-hybridized carbons (Fsp3) is 0.0500. The van der Waals surface area contributed by atoms with Gasteiger partial charge in [0.25, 0.3) is 0 Å². The van der Waals surface area contributed by atoms with E-state index in [1.165, 1.54) is 18.2 Å². The number of anilines is 1. The molecule has 0 spiro atoms. The lowest BCUT2D eigenvalue weighted by Crippen LogP contribution is -2.21. The molecule has 1 heterocycles. The van der Waals surface area contributed by atoms with Gasteiger partial charge in [-0.1, -0.05) is 36.4 Å². The number of furan rings is 1. The van der Waals surface area contributed by atoms with Crippen LogP contribution in [0.1, 0.15) is 11.2 Å². The van der Waals surface area contributed by atoms with Crippen LogP contribution in [0.25, 0.3) is 21.7 Å². The van der Waals surface area contributed by atoms with E-state index < -0.39 is 19.2 Å². The van der Waals surface area contributed by atoms with Crippen molar-refractivity contribution in [1.82, 2.24) is 0 Å². The first-order chi connectivity index (χ1) is 13.3. The Labute approximate surface area is 159 Å². The van der Waals surface area contributed by atoms with Gasteiger partial charge in [0.05, 0.1) is 11.6 Å². The van der Waals surface area contributed by atoms with Crippen molar-refractivity contribution in [3.63, 3.8) is 0 Å². The highest BCUT2D eigenvalue weighted by Crippen LogP contribution is 2.54. The highest BCUT2D eigenvalue weighted by molar-refractivity contribution is 7.53. The zero-order valence-electron chi connectivity index (χ0n) is 14.4. The van der Waals surface area contributed by atoms with Crippen LogP contribution >= 0.6 is 7.60 Å². The molecule has 7 nitrogen and oxygen atoms in total. The second-order valence-electron chi connectivity index (χ2n) is 6.38. The Morgan fingerprint density at radius 3 is 2.50 bits per heavy atom. The van der Waals surface area contributed by atoms with Crippen LogP contribution in [-0.4, -0.2) is 20.8 Å². The highest BCUT2D eigenvalue weighted by atomic mass is 31.2. The maximum atomic E-state index is 12.8. The molecule has 4 rings (SSSR count). The van der Waals surface area contributed by atoms with Gasteiger partial charge in [-0.15, -0.1) is 0 Å². The molecule has 4 aromatic rings. The second kappa shape index (κ2) is 6.80. The number of aromatic hydroxyl groups is 1. The summed E-state index contributed by atoms with van der Waals surface area (Å²) in [6.07, 6.45) is 1.09. The summed E-state index contributed by atoms with van der Waals surface area (Å²) < 4.78 is 17.4. The van der Waals surface area contributed by atoms with E-state index in [9.17, 15) is 24.3 Å². The Kier molecular flexibility index (Phi) is 4.43. The number of phenolic OH excluding ortho intramolecular Hbond substituents is 1. The van der Waals surface area contributed by atoms with Crippen LogP contribution in [0.4, 0.5) is 5.69 Å². The lowest BCUT2D eigenvalue weighted by Gasteiger charge is -2.18. The quantitative estimate of drug-likeness (QED) is 0.384. The molecular weight excluding hydrogens is 381 g/mol. The van der Waals surface area contributed by atoms with Crippen LogP contribution < -0.4 is 5.32 Å². The van der Waals surface area contributed by atoms with E-state index in [-0.39, 0.29) is 22.3 Å². The number of benzene rings is 3. The number of carbonyl (C=O) groups excluding carboxylic acids is 1. The van der Waals surface area contributed by atoms with Crippen LogP contribution in [0.15, 0.2) is 71.3 Å². The van der Waals surface area contributed by atoms with Crippen molar-refractivity contribution in [2.75, 3.05) is 5.32 Å². The summed E-state index contributed by atoms with van der Waals surface area (Å²) in [7, 11) is -4.91. The molecule has 0 saturated heterocycles. The summed E-state index contributed by atoms with van der Waals surface area (Å²) in [5, 5.41) is 14.6. The van der Waals surface area contributed by atoms with E-state index in [2.05, 4.69) is 5.32 Å². The van der Waals surface area contributed by atoms with Crippen LogP contribution in [-0.2, 0) is 9.36 Å². The molecule has 0 aliphatic rings. The lowest BCUT2D eigenvalue weighted by atomic mass is 10.1. The minimum Gasteiger partial charge on any atom is -0.507 e. The van der Waals surface area contributed by atoms with Crippen molar-refractivity contribution >= 4 is 40.9 Å². The van der Waals surface area contributed by atoms with Gasteiger partial charge in [-0.05, 0) is 35.0 Å². The maximum Gasteiger partial charge on any atom is 0.342 e. The molecule has 8 heteroatoms. The number of hydrogen-bond acceptors (Lipinski definition) is 4. The fourth-order valence-electron chi connectivity index (χ4n) is 3.25. The van der Waals surface area contributed by atoms with Crippen molar-refractivity contribution in [2.45, 2.75) is 5.66 Å². The monoisotopic (exact) mass is 397 g/mol. The van der Waals surface area contributed by atoms with Gasteiger partial charge in [-0.3, -0.25) is 9.36 Å². The van der Waals surface area contributed by atoms with E-state index in [1.807, 2.05) is 24.3 Å². The fourth-order valence-corrected chi connectivity index (χ4v) is 4.17. The topological polar surface area (TPSA) is 120 Å². The number of carbonyl (C=O) groups is 1. The number of phenols is 1. The number of rotatable bonds is 4. The Hall–Kier alpha value is -3.12. The molecule has 1 atom stereocenters. The molecule has 1 unspecified atom stereocenters. The molecule has 0 aliphatic carbocycles. The second-order valence-corrected chi connectivity index (χ2v) is 8.08. The van der Waals surface area contributed by atoms with Crippen molar-refractivity contribution in [3.05, 3.63) is 72.5 Å². The Morgan fingerprint density at radius 2 is 1.75 bits per heavy atom. The van der Waals surface area contributed by atoms with Crippen LogP contribution in [0.3, 0.4) is 0 Å². The molecule has 0 radical (unpaired) electrons. The summed E-state index contributed by atoms with van der Waals surface area (Å²) in [5.74, 6) is -1.12. The molecule has 0 aliphatic heterocycles. The first-order valence-corrected chi connectivity index (χ1v) is 10.1. The molecular formula is C20H16NO6P. The number of nitrogens with one attached hydrogen (secondary N) is 1. The number of hydrogen-bond donors (Lipinski definition) is 4. The molecule has 1 amide bonds. The zero-order valence-corrected chi connectivity index (χ0v) is 15.3. The van der Waals surface area contributed by atoms with Gasteiger partial charge in [0.2, 0.25) is 5.91 Å². The third-order valence-electron chi connectivity index (χ3n) is 4.50. The minimum absolute atomic E-state index is 0.0697. The Bertz CT molecular complexity index is 1240. The van der Waals surface area contributed by atoms with Gasteiger partial charge in [-0.2, -0.15) is 0 Å². The maximum absolute atomic E-state index is 12.8. The van der Waals surface area contributed by atoms with Gasteiger partial charge in [-0.25, -0.2) is 0 Å². The average molecular weight is 397 g/mol. The van der Waals surface area contributed by atoms with E-state index in [0.29, 0.717) is 5.69 Å². The summed E-state index contributed by atoms with van der Waals surface area (Å²) in [5.41, 5.74) is -1.26. The minimum atomic E-state index is -4.91. The molecule has 0 saturated carbocycles. The lowest BCUT2D eigenvalue weighted by molar-refractivity contribution is -0.116. The van der Waals surface area contributed by atoms with Crippen LogP contribution in [0, 0.1) is 0 Å². The van der Waals surface area contributed by atoms with Gasteiger partial charge in [0.1, 0.15) is 11.3 Å². The van der Waals surface area contributed by atoms with E-state index in [1.54, 1.807) is 18.2 Å². The molecule has 0 fully saturated rings. The Morgan fingerprint density at radius 1 is 1.00 bits per heavy atom. The average Bonchev–Trinajstić information content (AvgIpc) is 3.05. The molecule has 3 aromatic carbocycles. The third-order valence-corrected chi connectivity index (χ3v) is 5.69. The standard InChI is InChI=1S/C20H16NO6P/c22-16-6-3-7-17-18(16)15(11-27-17)19(28(24,25)26)20(23)21-14-9-8-12-4-1-2-5-13(12)10-14/h1-11,19,22H,(H,21,23)(H2,24,25,26). The van der Waals surface area contributed by atoms with Crippen LogP contribution in [0.2, 0.25) is 0 Å². The molecule has 4 N–H and O–H groups in total. The first kappa shape index (κ1) is 18.3. The smallest absolute Gasteiger partial charge is 0.342 e. The molecule has 0 bridgehead atoms. The first-order valence-electron chi connectivity index (χ1n) is 8.38. The summed E-state index contributed by atoms with van der Waals surface area (Å²) in [4.78, 5) is 32.5. The normalized spacial score (nSPS) is 12.9. The Balaban J connectivity index is 1.75. The van der Waals surface area contributed by atoms with Gasteiger partial charge in [0.15, 0.2) is 5.66 Å². The summed E-state index contributed by atoms with van der Waals surface area (Å²) >= 11 is 0. The van der Waals surface area contributed by atoms with Gasteiger partial charge in [0, 0.05) is 11.3 Å². The molecule has 142 valence electrons. The van der Waals surface area contributed by atoms with Crippen molar-refractivity contribution in [1.29, 1.82) is 0 Å². The highest BCUT2D eigenvalue weighted by Gasteiger charge is 2.40. The van der Waals surface area contributed by atoms with Crippen molar-refractivity contribution in [2.24, 2.45) is 0 Å². The zero-order chi connectivity index (χ0) is 19.9. The van der Waals surface area contributed by atoms with Crippen molar-refractivity contribution < 1.29 is 28.7 Å². The summed E-state index contributed by atoms with van der Waals surface area (Å²) in [6.45, 7) is 0. The number of amides is 1. The predicted octanol–water partition coefficient (Wildman–Crippen LogP) is 4.15. The summed E-state index contributed by atoms with van der Waals surface area (Å²) in [6, 6.07) is 17.1. The molecule has 28 heavy (non-hydrogen) atoms. The van der Waals surface area contributed by atoms with Gasteiger partial charge < -0.3 is 24.6 Å². The van der Waals surface area contributed by atoms with Gasteiger partial charge >= 0.3 is 7.60 Å². The van der Waals surface area contributed by atoms with E-state index in [4.69, 9.17) is 4.42 Å². The largest absolute Gasteiger partial charge is 0.507 e. The third kappa shape index (κ3) is 3.27. The SMILES string of the molecule is O=C(Nc1ccc2ccccc2c1)C(c1coc2cccc(O)c12)P(=O)(O)O. The van der Waals surface area contributed by atoms with E-state index >= 15 is 0 Å². The van der Waals surface area contributed by atoms with E-state index in [0.717, 1.165) is 17.0 Å². The predicted molar refractivity (Wildman–Crippen MR) is 105 cm³/mol. The van der Waals surface area contributed by atoms with Crippen molar-refractivity contribution in [3.8, 4) is 5.75 Å².